The van der Waals surface area contributed by atoms with E-state index in [4.69, 9.17) is 14.7 Å². The van der Waals surface area contributed by atoms with Gasteiger partial charge in [0.15, 0.2) is 0 Å². The standard InChI is InChI=1S/C21H25N5O2S2/c1-14(27)26-10-15(11-26)9-22-20-19-16(17-3-2-8-29-17)13-30-21(19)24-18(23-20)12-25-4-6-28-7-5-25/h2-3,8,13,15H,4-7,9-12H2,1H3,(H,22,23,24). The van der Waals surface area contributed by atoms with Gasteiger partial charge in [0, 0.05) is 61.4 Å². The summed E-state index contributed by atoms with van der Waals surface area (Å²) in [6.45, 7) is 8.18. The number of amides is 1. The molecule has 5 rings (SSSR count). The van der Waals surface area contributed by atoms with Crippen molar-refractivity contribution in [3.63, 3.8) is 0 Å². The van der Waals surface area contributed by atoms with E-state index in [1.165, 1.54) is 10.4 Å². The maximum atomic E-state index is 11.5. The molecular formula is C21H25N5O2S2. The zero-order valence-corrected chi connectivity index (χ0v) is 18.6. The van der Waals surface area contributed by atoms with Crippen LogP contribution in [0, 0.1) is 5.92 Å². The summed E-state index contributed by atoms with van der Waals surface area (Å²) in [5.74, 6) is 2.38. The molecule has 0 aliphatic carbocycles. The highest BCUT2D eigenvalue weighted by Gasteiger charge is 2.28. The predicted molar refractivity (Wildman–Crippen MR) is 121 cm³/mol. The Morgan fingerprint density at radius 2 is 2.10 bits per heavy atom. The lowest BCUT2D eigenvalue weighted by Gasteiger charge is -2.38. The molecule has 0 radical (unpaired) electrons. The fourth-order valence-electron chi connectivity index (χ4n) is 3.95. The summed E-state index contributed by atoms with van der Waals surface area (Å²) in [6, 6.07) is 4.23. The number of nitrogens with zero attached hydrogens (tertiary/aromatic N) is 4. The number of carbonyl (C=O) groups excluding carboxylic acids is 1. The second kappa shape index (κ2) is 8.58. The summed E-state index contributed by atoms with van der Waals surface area (Å²) in [4.78, 5) is 27.8. The van der Waals surface area contributed by atoms with Crippen LogP contribution in [0.3, 0.4) is 0 Å². The van der Waals surface area contributed by atoms with E-state index in [1.54, 1.807) is 29.6 Å². The normalized spacial score (nSPS) is 18.0. The van der Waals surface area contributed by atoms with E-state index in [0.717, 1.165) is 74.3 Å². The Labute approximate surface area is 183 Å². The van der Waals surface area contributed by atoms with Crippen molar-refractivity contribution < 1.29 is 9.53 Å². The third-order valence-electron chi connectivity index (χ3n) is 5.70. The zero-order valence-electron chi connectivity index (χ0n) is 17.0. The van der Waals surface area contributed by atoms with Crippen molar-refractivity contribution in [2.45, 2.75) is 13.5 Å². The highest BCUT2D eigenvalue weighted by molar-refractivity contribution is 7.18. The van der Waals surface area contributed by atoms with Crippen molar-refractivity contribution in [3.8, 4) is 10.4 Å². The lowest BCUT2D eigenvalue weighted by Crippen LogP contribution is -2.51. The van der Waals surface area contributed by atoms with Gasteiger partial charge in [0.25, 0.3) is 0 Å². The Bertz CT molecular complexity index is 1020. The molecule has 9 heteroatoms. The smallest absolute Gasteiger partial charge is 0.219 e. The molecule has 3 aromatic rings. The Morgan fingerprint density at radius 3 is 2.83 bits per heavy atom. The minimum Gasteiger partial charge on any atom is -0.379 e. The van der Waals surface area contributed by atoms with Crippen molar-refractivity contribution in [3.05, 3.63) is 28.7 Å². The number of carbonyl (C=O) groups is 1. The van der Waals surface area contributed by atoms with Crippen molar-refractivity contribution in [2.75, 3.05) is 51.3 Å². The van der Waals surface area contributed by atoms with Gasteiger partial charge < -0.3 is 15.0 Å². The van der Waals surface area contributed by atoms with E-state index in [-0.39, 0.29) is 5.91 Å². The van der Waals surface area contributed by atoms with Crippen LogP contribution < -0.4 is 5.32 Å². The summed E-state index contributed by atoms with van der Waals surface area (Å²) in [6.07, 6.45) is 0. The first-order chi connectivity index (χ1) is 14.7. The third-order valence-corrected chi connectivity index (χ3v) is 7.47. The maximum absolute atomic E-state index is 11.5. The van der Waals surface area contributed by atoms with Gasteiger partial charge in [-0.15, -0.1) is 22.7 Å². The number of rotatable bonds is 6. The number of ether oxygens (including phenoxy) is 1. The minimum atomic E-state index is 0.154. The molecule has 1 amide bonds. The number of fused-ring (bicyclic) bond motifs is 1. The first-order valence-corrected chi connectivity index (χ1v) is 12.0. The van der Waals surface area contributed by atoms with Crippen LogP contribution in [-0.2, 0) is 16.1 Å². The molecule has 0 bridgehead atoms. The van der Waals surface area contributed by atoms with Gasteiger partial charge in [-0.05, 0) is 11.4 Å². The second-order valence-corrected chi connectivity index (χ2v) is 9.66. The third kappa shape index (κ3) is 4.07. The highest BCUT2D eigenvalue weighted by atomic mass is 32.1. The van der Waals surface area contributed by atoms with Crippen LogP contribution in [0.1, 0.15) is 12.7 Å². The number of morpholine rings is 1. The molecule has 0 saturated carbocycles. The Hall–Kier alpha value is -2.07. The van der Waals surface area contributed by atoms with Gasteiger partial charge in [-0.1, -0.05) is 6.07 Å². The van der Waals surface area contributed by atoms with Crippen LogP contribution in [0.15, 0.2) is 22.9 Å². The van der Waals surface area contributed by atoms with Crippen LogP contribution >= 0.6 is 22.7 Å². The monoisotopic (exact) mass is 443 g/mol. The van der Waals surface area contributed by atoms with Gasteiger partial charge in [0.1, 0.15) is 16.5 Å². The molecule has 3 aromatic heterocycles. The van der Waals surface area contributed by atoms with E-state index in [2.05, 4.69) is 33.1 Å². The largest absolute Gasteiger partial charge is 0.379 e. The van der Waals surface area contributed by atoms with E-state index in [0.29, 0.717) is 5.92 Å². The molecule has 0 aromatic carbocycles. The Morgan fingerprint density at radius 1 is 1.27 bits per heavy atom. The molecule has 5 heterocycles. The van der Waals surface area contributed by atoms with Crippen molar-refractivity contribution in [1.29, 1.82) is 0 Å². The summed E-state index contributed by atoms with van der Waals surface area (Å²) >= 11 is 3.42. The molecule has 7 nitrogen and oxygen atoms in total. The van der Waals surface area contributed by atoms with Crippen LogP contribution in [0.4, 0.5) is 5.82 Å². The molecule has 2 saturated heterocycles. The van der Waals surface area contributed by atoms with Gasteiger partial charge in [0.2, 0.25) is 5.91 Å². The molecule has 2 aliphatic rings. The fourth-order valence-corrected chi connectivity index (χ4v) is 5.73. The zero-order chi connectivity index (χ0) is 20.5. The van der Waals surface area contributed by atoms with Crippen molar-refractivity contribution in [1.82, 2.24) is 19.8 Å². The Kier molecular flexibility index (Phi) is 5.68. The van der Waals surface area contributed by atoms with Gasteiger partial charge >= 0.3 is 0 Å². The van der Waals surface area contributed by atoms with Crippen LogP contribution in [0.5, 0.6) is 0 Å². The average Bonchev–Trinajstić information content (AvgIpc) is 3.36. The van der Waals surface area contributed by atoms with E-state index in [1.807, 2.05) is 4.90 Å². The van der Waals surface area contributed by atoms with Crippen molar-refractivity contribution >= 4 is 44.6 Å². The quantitative estimate of drug-likeness (QED) is 0.631. The lowest BCUT2D eigenvalue weighted by atomic mass is 10.0. The molecule has 158 valence electrons. The van der Waals surface area contributed by atoms with Crippen LogP contribution in [-0.4, -0.2) is 71.6 Å². The SMILES string of the molecule is CC(=O)N1CC(CNc2nc(CN3CCOCC3)nc3scc(-c4cccs4)c23)C1. The molecule has 0 spiro atoms. The molecule has 0 unspecified atom stereocenters. The fraction of sp³-hybridized carbons (Fsp3) is 0.476. The minimum absolute atomic E-state index is 0.154. The number of aromatic nitrogens is 2. The first-order valence-electron chi connectivity index (χ1n) is 10.3. The summed E-state index contributed by atoms with van der Waals surface area (Å²) in [5.41, 5.74) is 1.20. The second-order valence-electron chi connectivity index (χ2n) is 7.85. The number of hydrogen-bond acceptors (Lipinski definition) is 8. The molecule has 0 atom stereocenters. The number of nitrogens with one attached hydrogen (secondary N) is 1. The van der Waals surface area contributed by atoms with Gasteiger partial charge in [-0.25, -0.2) is 9.97 Å². The molecular weight excluding hydrogens is 418 g/mol. The summed E-state index contributed by atoms with van der Waals surface area (Å²) < 4.78 is 5.47. The number of anilines is 1. The van der Waals surface area contributed by atoms with Crippen LogP contribution in [0.2, 0.25) is 0 Å². The van der Waals surface area contributed by atoms with Crippen LogP contribution in [0.25, 0.3) is 20.7 Å². The molecule has 2 fully saturated rings. The Balaban J connectivity index is 1.41. The summed E-state index contributed by atoms with van der Waals surface area (Å²) in [7, 11) is 0. The first kappa shape index (κ1) is 19.9. The number of hydrogen-bond donors (Lipinski definition) is 1. The highest BCUT2D eigenvalue weighted by Crippen LogP contribution is 2.39. The summed E-state index contributed by atoms with van der Waals surface area (Å²) in [5, 5.41) is 8.99. The van der Waals surface area contributed by atoms with Gasteiger partial charge in [-0.2, -0.15) is 0 Å². The van der Waals surface area contributed by atoms with Crippen molar-refractivity contribution in [2.24, 2.45) is 5.92 Å². The maximum Gasteiger partial charge on any atom is 0.219 e. The number of thiophene rings is 2. The van der Waals surface area contributed by atoms with E-state index in [9.17, 15) is 4.79 Å². The molecule has 1 N–H and O–H groups in total. The lowest BCUT2D eigenvalue weighted by molar-refractivity contribution is -0.134. The molecule has 30 heavy (non-hydrogen) atoms. The topological polar surface area (TPSA) is 70.6 Å². The molecule has 2 aliphatic heterocycles. The number of likely N-dealkylation sites (tertiary alicyclic amines) is 1. The predicted octanol–water partition coefficient (Wildman–Crippen LogP) is 3.14. The van der Waals surface area contributed by atoms with E-state index >= 15 is 0 Å². The average molecular weight is 444 g/mol. The van der Waals surface area contributed by atoms with Gasteiger partial charge in [-0.3, -0.25) is 9.69 Å². The van der Waals surface area contributed by atoms with E-state index < -0.39 is 0 Å². The van der Waals surface area contributed by atoms with Gasteiger partial charge in [0.05, 0.1) is 25.1 Å².